The van der Waals surface area contributed by atoms with E-state index in [1.165, 1.54) is 12.3 Å². The molecule has 0 radical (unpaired) electrons. The number of aliphatic hydroxyl groups is 2. The number of pyridine rings is 2. The van der Waals surface area contributed by atoms with E-state index in [9.17, 15) is 28.7 Å². The number of amides is 1. The summed E-state index contributed by atoms with van der Waals surface area (Å²) in [6.07, 6.45) is 4.39. The summed E-state index contributed by atoms with van der Waals surface area (Å²) in [5.41, 5.74) is -0.697. The molecule has 0 spiro atoms. The molecule has 0 atom stereocenters. The van der Waals surface area contributed by atoms with Crippen LogP contribution >= 0.6 is 0 Å². The molecule has 0 aliphatic rings. The normalized spacial score (nSPS) is 11.1. The molecule has 2 aromatic heterocycles. The molecule has 0 aliphatic carbocycles. The highest BCUT2D eigenvalue weighted by atomic mass is 19.1. The molecule has 1 aromatic carbocycles. The van der Waals surface area contributed by atoms with Crippen LogP contribution in [-0.2, 0) is 13.0 Å². The van der Waals surface area contributed by atoms with Crippen molar-refractivity contribution in [3.8, 4) is 0 Å². The number of halogens is 2. The first-order valence-electron chi connectivity index (χ1n) is 10.8. The van der Waals surface area contributed by atoms with Gasteiger partial charge in [-0.2, -0.15) is 0 Å². The number of aryl methyl sites for hydroxylation is 1. The summed E-state index contributed by atoms with van der Waals surface area (Å²) in [4.78, 5) is 29.9. The highest BCUT2D eigenvalue weighted by molar-refractivity contribution is 6.06. The topological polar surface area (TPSA) is 137 Å². The Labute approximate surface area is 193 Å². The number of hydrogen-bond acceptors (Lipinski definition) is 7. The second-order valence-corrected chi connectivity index (χ2v) is 7.68. The van der Waals surface area contributed by atoms with E-state index in [0.29, 0.717) is 18.9 Å². The maximum atomic E-state index is 13.9. The summed E-state index contributed by atoms with van der Waals surface area (Å²) in [5, 5.41) is 34.1. The fourth-order valence-electron chi connectivity index (χ4n) is 3.56. The Balaban J connectivity index is 1.99. The van der Waals surface area contributed by atoms with E-state index >= 15 is 0 Å². The molecule has 0 aliphatic heterocycles. The Kier molecular flexibility index (Phi) is 8.50. The molecule has 34 heavy (non-hydrogen) atoms. The first-order valence-corrected chi connectivity index (χ1v) is 10.8. The SMILES string of the molecule is O=C(NCc1ccc(F)cc1F)c1c(NCCO)c2cc(CCCCCO)cnc2n(O)c1=O. The molecule has 1 amide bonds. The molecule has 0 saturated heterocycles. The predicted octanol–water partition coefficient (Wildman–Crippen LogP) is 1.95. The van der Waals surface area contributed by atoms with Gasteiger partial charge in [0.1, 0.15) is 17.2 Å². The minimum atomic E-state index is -1.05. The van der Waals surface area contributed by atoms with Gasteiger partial charge in [-0.3, -0.25) is 9.59 Å². The number of benzene rings is 1. The zero-order valence-electron chi connectivity index (χ0n) is 18.4. The van der Waals surface area contributed by atoms with Crippen molar-refractivity contribution in [2.75, 3.05) is 25.1 Å². The lowest BCUT2D eigenvalue weighted by molar-refractivity contribution is 0.0944. The van der Waals surface area contributed by atoms with Gasteiger partial charge in [0.25, 0.3) is 11.5 Å². The van der Waals surface area contributed by atoms with Crippen LogP contribution in [-0.4, -0.2) is 50.8 Å². The van der Waals surface area contributed by atoms with Gasteiger partial charge in [-0.25, -0.2) is 13.8 Å². The van der Waals surface area contributed by atoms with Crippen molar-refractivity contribution in [3.63, 3.8) is 0 Å². The first kappa shape index (κ1) is 25.1. The van der Waals surface area contributed by atoms with Crippen molar-refractivity contribution in [1.29, 1.82) is 0 Å². The van der Waals surface area contributed by atoms with Gasteiger partial charge in [0.2, 0.25) is 0 Å². The minimum Gasteiger partial charge on any atom is -0.423 e. The number of aliphatic hydroxyl groups excluding tert-OH is 2. The third-order valence-corrected chi connectivity index (χ3v) is 5.27. The predicted molar refractivity (Wildman–Crippen MR) is 121 cm³/mol. The molecule has 182 valence electrons. The van der Waals surface area contributed by atoms with Crippen LogP contribution < -0.4 is 16.2 Å². The molecule has 0 unspecified atom stereocenters. The number of nitrogens with zero attached hydrogens (tertiary/aromatic N) is 2. The van der Waals surface area contributed by atoms with Crippen LogP contribution in [0, 0.1) is 11.6 Å². The monoisotopic (exact) mass is 476 g/mol. The van der Waals surface area contributed by atoms with Gasteiger partial charge >= 0.3 is 0 Å². The number of carbonyl (C=O) groups excluding carboxylic acids is 1. The fourth-order valence-corrected chi connectivity index (χ4v) is 3.56. The van der Waals surface area contributed by atoms with Crippen molar-refractivity contribution in [3.05, 3.63) is 69.1 Å². The van der Waals surface area contributed by atoms with Crippen LogP contribution in [0.1, 0.15) is 40.7 Å². The summed E-state index contributed by atoms with van der Waals surface area (Å²) >= 11 is 0. The average molecular weight is 476 g/mol. The summed E-state index contributed by atoms with van der Waals surface area (Å²) in [7, 11) is 0. The standard InChI is InChI=1S/C23H26F2N4O5/c24-16-6-5-15(18(25)11-16)13-28-22(32)19-20(26-7-9-31)17-10-14(4-2-1-3-8-30)12-27-21(17)29(34)23(19)33/h5-6,10-12,26,30-31,34H,1-4,7-9,13H2,(H,28,32). The Morgan fingerprint density at radius 2 is 1.88 bits per heavy atom. The third kappa shape index (κ3) is 5.67. The molecule has 9 nitrogen and oxygen atoms in total. The number of fused-ring (bicyclic) bond motifs is 1. The largest absolute Gasteiger partial charge is 0.423 e. The second-order valence-electron chi connectivity index (χ2n) is 7.68. The van der Waals surface area contributed by atoms with Crippen molar-refractivity contribution >= 4 is 22.6 Å². The molecular formula is C23H26F2N4O5. The van der Waals surface area contributed by atoms with E-state index in [1.807, 2.05) is 0 Å². The van der Waals surface area contributed by atoms with Gasteiger partial charge < -0.3 is 26.1 Å². The smallest absolute Gasteiger partial charge is 0.299 e. The molecule has 0 saturated carbocycles. The van der Waals surface area contributed by atoms with Crippen LogP contribution in [0.25, 0.3) is 11.0 Å². The Morgan fingerprint density at radius 3 is 2.59 bits per heavy atom. The Hall–Kier alpha value is -3.57. The highest BCUT2D eigenvalue weighted by Crippen LogP contribution is 2.25. The minimum absolute atomic E-state index is 0.0107. The second kappa shape index (κ2) is 11.5. The summed E-state index contributed by atoms with van der Waals surface area (Å²) < 4.78 is 27.3. The molecule has 5 N–H and O–H groups in total. The van der Waals surface area contributed by atoms with Crippen molar-refractivity contribution in [2.45, 2.75) is 32.2 Å². The van der Waals surface area contributed by atoms with Crippen molar-refractivity contribution in [2.24, 2.45) is 0 Å². The van der Waals surface area contributed by atoms with Crippen LogP contribution in [0.3, 0.4) is 0 Å². The van der Waals surface area contributed by atoms with E-state index < -0.39 is 28.7 Å². The maximum absolute atomic E-state index is 13.9. The summed E-state index contributed by atoms with van der Waals surface area (Å²) in [6.45, 7) is -0.504. The van der Waals surface area contributed by atoms with E-state index in [1.54, 1.807) is 6.07 Å². The zero-order valence-corrected chi connectivity index (χ0v) is 18.4. The Bertz CT molecular complexity index is 1230. The van der Waals surface area contributed by atoms with Crippen molar-refractivity contribution < 1.29 is 29.0 Å². The van der Waals surface area contributed by atoms with Crippen LogP contribution in [0.5, 0.6) is 0 Å². The summed E-state index contributed by atoms with van der Waals surface area (Å²) in [5.74, 6) is -2.51. The van der Waals surface area contributed by atoms with Gasteiger partial charge in [-0.15, -0.1) is 4.73 Å². The number of hydrogen-bond donors (Lipinski definition) is 5. The van der Waals surface area contributed by atoms with Gasteiger partial charge in [0.15, 0.2) is 5.65 Å². The number of anilines is 1. The van der Waals surface area contributed by atoms with Gasteiger partial charge in [0.05, 0.1) is 12.3 Å². The molecule has 2 heterocycles. The van der Waals surface area contributed by atoms with Crippen LogP contribution in [0.15, 0.2) is 35.3 Å². The first-order chi connectivity index (χ1) is 16.4. The van der Waals surface area contributed by atoms with Crippen LogP contribution in [0.4, 0.5) is 14.5 Å². The van der Waals surface area contributed by atoms with E-state index in [2.05, 4.69) is 15.6 Å². The number of carbonyl (C=O) groups is 1. The van der Waals surface area contributed by atoms with Crippen LogP contribution in [0.2, 0.25) is 0 Å². The molecule has 3 rings (SSSR count). The lowest BCUT2D eigenvalue weighted by Crippen LogP contribution is -2.34. The van der Waals surface area contributed by atoms with Gasteiger partial charge in [-0.05, 0) is 37.0 Å². The molecule has 11 heteroatoms. The lowest BCUT2D eigenvalue weighted by atomic mass is 10.0. The fraction of sp³-hybridized carbons (Fsp3) is 0.348. The van der Waals surface area contributed by atoms with Gasteiger partial charge in [0, 0.05) is 42.9 Å². The van der Waals surface area contributed by atoms with E-state index in [4.69, 9.17) is 5.11 Å². The average Bonchev–Trinajstić information content (AvgIpc) is 2.82. The van der Waals surface area contributed by atoms with E-state index in [0.717, 1.165) is 24.5 Å². The molecule has 0 fully saturated rings. The number of rotatable bonds is 11. The zero-order chi connectivity index (χ0) is 24.7. The molecule has 3 aromatic rings. The lowest BCUT2D eigenvalue weighted by Gasteiger charge is -2.16. The number of aromatic nitrogens is 2. The molecular weight excluding hydrogens is 450 g/mol. The quantitative estimate of drug-likeness (QED) is 0.211. The third-order valence-electron chi connectivity index (χ3n) is 5.27. The van der Waals surface area contributed by atoms with E-state index in [-0.39, 0.29) is 53.3 Å². The maximum Gasteiger partial charge on any atom is 0.299 e. The highest BCUT2D eigenvalue weighted by Gasteiger charge is 2.23. The molecule has 0 bridgehead atoms. The number of unbranched alkanes of at least 4 members (excludes halogenated alkanes) is 2. The Morgan fingerprint density at radius 1 is 1.09 bits per heavy atom. The van der Waals surface area contributed by atoms with Gasteiger partial charge in [-0.1, -0.05) is 12.5 Å². The van der Waals surface area contributed by atoms with Crippen molar-refractivity contribution in [1.82, 2.24) is 15.0 Å². The number of nitrogens with one attached hydrogen (secondary N) is 2. The summed E-state index contributed by atoms with van der Waals surface area (Å²) in [6, 6.07) is 4.58.